The van der Waals surface area contributed by atoms with E-state index >= 15 is 4.39 Å². The van der Waals surface area contributed by atoms with Gasteiger partial charge in [-0.3, -0.25) is 9.89 Å². The van der Waals surface area contributed by atoms with Crippen LogP contribution in [0.25, 0.3) is 5.69 Å². The second-order valence-corrected chi connectivity index (χ2v) is 7.75. The zero-order chi connectivity index (χ0) is 24.7. The summed E-state index contributed by atoms with van der Waals surface area (Å²) in [6.45, 7) is 5.41. The predicted octanol–water partition coefficient (Wildman–Crippen LogP) is 4.64. The number of hydrogen-bond donors (Lipinski definition) is 3. The Labute approximate surface area is 190 Å². The van der Waals surface area contributed by atoms with Crippen molar-refractivity contribution in [1.29, 1.82) is 0 Å². The molecular formula is C20H20ClF4N5O3. The topological polar surface area (TPSA) is 105 Å². The molecule has 0 radical (unpaired) electrons. The van der Waals surface area contributed by atoms with Crippen molar-refractivity contribution in [3.8, 4) is 11.4 Å². The number of ether oxygens (including phenoxy) is 1. The van der Waals surface area contributed by atoms with Crippen molar-refractivity contribution in [3.63, 3.8) is 0 Å². The number of benzene rings is 1. The summed E-state index contributed by atoms with van der Waals surface area (Å²) in [6.07, 6.45) is -6.60. The molecule has 0 fully saturated rings. The van der Waals surface area contributed by atoms with Crippen LogP contribution in [0.4, 0.5) is 23.2 Å². The van der Waals surface area contributed by atoms with Crippen molar-refractivity contribution >= 4 is 23.2 Å². The summed E-state index contributed by atoms with van der Waals surface area (Å²) in [5.74, 6) is -2.45. The van der Waals surface area contributed by atoms with Gasteiger partial charge in [0, 0.05) is 12.3 Å². The van der Waals surface area contributed by atoms with Crippen LogP contribution in [0.15, 0.2) is 18.3 Å². The molecule has 0 saturated carbocycles. The van der Waals surface area contributed by atoms with Gasteiger partial charge in [-0.1, -0.05) is 11.6 Å². The summed E-state index contributed by atoms with van der Waals surface area (Å²) in [5.41, 5.74) is 0.487. The van der Waals surface area contributed by atoms with E-state index in [0.717, 1.165) is 23.7 Å². The first-order valence-electron chi connectivity index (χ1n) is 9.63. The van der Waals surface area contributed by atoms with E-state index in [-0.39, 0.29) is 22.2 Å². The number of aryl methyl sites for hydroxylation is 2. The number of carbonyl (C=O) groups excluding carboxylic acids is 1. The third-order valence-electron chi connectivity index (χ3n) is 4.78. The number of halogens is 5. The maximum absolute atomic E-state index is 15.0. The molecule has 33 heavy (non-hydrogen) atoms. The number of carbonyl (C=O) groups is 1. The van der Waals surface area contributed by atoms with E-state index in [1.165, 1.54) is 13.1 Å². The lowest BCUT2D eigenvalue weighted by atomic mass is 10.1. The molecule has 3 aromatic rings. The fourth-order valence-electron chi connectivity index (χ4n) is 2.99. The van der Waals surface area contributed by atoms with Crippen LogP contribution >= 0.6 is 11.6 Å². The van der Waals surface area contributed by atoms with E-state index in [1.807, 2.05) is 0 Å². The molecule has 13 heteroatoms. The highest BCUT2D eigenvalue weighted by molar-refractivity contribution is 6.33. The van der Waals surface area contributed by atoms with Crippen LogP contribution in [0.5, 0.6) is 5.75 Å². The molecule has 8 nitrogen and oxygen atoms in total. The van der Waals surface area contributed by atoms with Gasteiger partial charge in [0.25, 0.3) is 5.91 Å². The van der Waals surface area contributed by atoms with E-state index < -0.39 is 41.4 Å². The number of alkyl halides is 3. The maximum atomic E-state index is 15.0. The SMILES string of the molecule is Cc1cn(-c2cc(O[C@@H](C)C(F)(F)F)c(C(=O)Nc3c(Cl)n[nH]c3C)cc2F)nc1[C@H](C)O. The van der Waals surface area contributed by atoms with Crippen LogP contribution in [-0.2, 0) is 0 Å². The lowest BCUT2D eigenvalue weighted by molar-refractivity contribution is -0.189. The molecule has 0 unspecified atom stereocenters. The van der Waals surface area contributed by atoms with Crippen molar-refractivity contribution in [2.45, 2.75) is 46.1 Å². The molecule has 0 aliphatic heterocycles. The smallest absolute Gasteiger partial charge is 0.425 e. The first-order chi connectivity index (χ1) is 15.3. The van der Waals surface area contributed by atoms with E-state index in [2.05, 4.69) is 20.6 Å². The predicted molar refractivity (Wildman–Crippen MR) is 111 cm³/mol. The highest BCUT2D eigenvalue weighted by Crippen LogP contribution is 2.32. The van der Waals surface area contributed by atoms with Crippen LogP contribution in [-0.4, -0.2) is 43.3 Å². The highest BCUT2D eigenvalue weighted by Gasteiger charge is 2.39. The Bertz CT molecular complexity index is 1170. The summed E-state index contributed by atoms with van der Waals surface area (Å²) in [4.78, 5) is 12.8. The number of nitrogens with zero attached hydrogens (tertiary/aromatic N) is 3. The summed E-state index contributed by atoms with van der Waals surface area (Å²) in [6, 6.07) is 1.68. The number of anilines is 1. The number of hydrogen-bond acceptors (Lipinski definition) is 5. The molecule has 1 amide bonds. The van der Waals surface area contributed by atoms with Gasteiger partial charge >= 0.3 is 6.18 Å². The Hall–Kier alpha value is -3.12. The van der Waals surface area contributed by atoms with Gasteiger partial charge in [0.2, 0.25) is 0 Å². The molecule has 2 atom stereocenters. The lowest BCUT2D eigenvalue weighted by Gasteiger charge is -2.20. The number of aromatic amines is 1. The van der Waals surface area contributed by atoms with Crippen LogP contribution < -0.4 is 10.1 Å². The largest absolute Gasteiger partial charge is 0.480 e. The number of amides is 1. The summed E-state index contributed by atoms with van der Waals surface area (Å²) < 4.78 is 60.5. The van der Waals surface area contributed by atoms with Crippen LogP contribution in [0.3, 0.4) is 0 Å². The zero-order valence-corrected chi connectivity index (χ0v) is 18.6. The van der Waals surface area contributed by atoms with Gasteiger partial charge in [-0.05, 0) is 39.3 Å². The van der Waals surface area contributed by atoms with Crippen molar-refractivity contribution in [3.05, 3.63) is 51.8 Å². The molecule has 0 bridgehead atoms. The molecule has 1 aromatic carbocycles. The van der Waals surface area contributed by atoms with Crippen LogP contribution in [0, 0.1) is 19.7 Å². The van der Waals surface area contributed by atoms with E-state index in [4.69, 9.17) is 16.3 Å². The third kappa shape index (κ3) is 5.11. The normalized spacial score (nSPS) is 13.6. The number of aliphatic hydroxyl groups excluding tert-OH is 1. The van der Waals surface area contributed by atoms with Crippen LogP contribution in [0.2, 0.25) is 5.15 Å². The minimum absolute atomic E-state index is 0.0817. The number of nitrogens with one attached hydrogen (secondary N) is 2. The Morgan fingerprint density at radius 2 is 1.97 bits per heavy atom. The Balaban J connectivity index is 2.09. The molecular weight excluding hydrogens is 470 g/mol. The first-order valence-corrected chi connectivity index (χ1v) is 10.0. The standard InChI is InChI=1S/C20H20ClF4N5O3/c1-8-7-30(29-16(8)10(3)31)14-6-15(33-11(4)20(23,24)25)12(5-13(14)22)19(32)26-17-9(2)27-28-18(17)21/h5-7,10-11,31H,1-4H3,(H,26,32)(H,27,28)/t10-,11-/m0/s1. The molecule has 2 aromatic heterocycles. The monoisotopic (exact) mass is 489 g/mol. The fourth-order valence-corrected chi connectivity index (χ4v) is 3.22. The Kier molecular flexibility index (Phi) is 6.70. The van der Waals surface area contributed by atoms with Gasteiger partial charge in [0.1, 0.15) is 22.9 Å². The van der Waals surface area contributed by atoms with Gasteiger partial charge in [-0.25, -0.2) is 9.07 Å². The van der Waals surface area contributed by atoms with Gasteiger partial charge in [-0.2, -0.15) is 23.4 Å². The minimum atomic E-state index is -4.74. The second-order valence-electron chi connectivity index (χ2n) is 7.39. The highest BCUT2D eigenvalue weighted by atomic mass is 35.5. The Morgan fingerprint density at radius 3 is 2.48 bits per heavy atom. The first kappa shape index (κ1) is 24.5. The number of aliphatic hydroxyl groups is 1. The minimum Gasteiger partial charge on any atom is -0.480 e. The van der Waals surface area contributed by atoms with Crippen molar-refractivity contribution in [2.24, 2.45) is 0 Å². The second kappa shape index (κ2) is 9.02. The van der Waals surface area contributed by atoms with Crippen molar-refractivity contribution in [2.75, 3.05) is 5.32 Å². The summed E-state index contributed by atoms with van der Waals surface area (Å²) in [5, 5.41) is 22.4. The lowest BCUT2D eigenvalue weighted by Crippen LogP contribution is -2.32. The summed E-state index contributed by atoms with van der Waals surface area (Å²) in [7, 11) is 0. The average molecular weight is 490 g/mol. The summed E-state index contributed by atoms with van der Waals surface area (Å²) >= 11 is 5.90. The molecule has 2 heterocycles. The van der Waals surface area contributed by atoms with Crippen molar-refractivity contribution in [1.82, 2.24) is 20.0 Å². The number of aromatic nitrogens is 4. The number of H-pyrrole nitrogens is 1. The quantitative estimate of drug-likeness (QED) is 0.437. The zero-order valence-electron chi connectivity index (χ0n) is 17.9. The molecule has 178 valence electrons. The van der Waals surface area contributed by atoms with E-state index in [9.17, 15) is 23.1 Å². The Morgan fingerprint density at radius 1 is 1.30 bits per heavy atom. The maximum Gasteiger partial charge on any atom is 0.425 e. The van der Waals surface area contributed by atoms with E-state index in [1.54, 1.807) is 13.8 Å². The van der Waals surface area contributed by atoms with Gasteiger partial charge in [-0.15, -0.1) is 0 Å². The van der Waals surface area contributed by atoms with Gasteiger partial charge in [0.15, 0.2) is 11.3 Å². The van der Waals surface area contributed by atoms with Crippen LogP contribution in [0.1, 0.15) is 47.3 Å². The average Bonchev–Trinajstić information content (AvgIpc) is 3.25. The van der Waals surface area contributed by atoms with Gasteiger partial charge < -0.3 is 15.2 Å². The molecule has 0 aliphatic rings. The third-order valence-corrected chi connectivity index (χ3v) is 5.05. The van der Waals surface area contributed by atoms with Crippen molar-refractivity contribution < 1.29 is 32.2 Å². The molecule has 0 aliphatic carbocycles. The fraction of sp³-hybridized carbons (Fsp3) is 0.350. The molecule has 3 rings (SSSR count). The molecule has 0 spiro atoms. The van der Waals surface area contributed by atoms with E-state index in [0.29, 0.717) is 11.3 Å². The number of rotatable bonds is 6. The van der Waals surface area contributed by atoms with Gasteiger partial charge in [0.05, 0.1) is 23.1 Å². The molecule has 0 saturated heterocycles. The molecule has 3 N–H and O–H groups in total.